The Morgan fingerprint density at radius 2 is 1.48 bits per heavy atom. The first-order valence-corrected chi connectivity index (χ1v) is 7.73. The molecule has 0 saturated heterocycles. The molecule has 2 unspecified atom stereocenters. The predicted octanol–water partition coefficient (Wildman–Crippen LogP) is 3.88. The monoisotopic (exact) mass is 303 g/mol. The third kappa shape index (κ3) is 3.71. The Kier molecular flexibility index (Phi) is 5.53. The van der Waals surface area contributed by atoms with Gasteiger partial charge in [-0.1, -0.05) is 30.3 Å². The molecule has 0 bridgehead atoms. The molecule has 2 rings (SSSR count). The molecule has 2 aromatic carbocycles. The van der Waals surface area contributed by atoms with Gasteiger partial charge in [-0.2, -0.15) is 0 Å². The van der Waals surface area contributed by atoms with Gasteiger partial charge in [0.2, 0.25) is 0 Å². The number of thioether (sulfide) groups is 1. The lowest BCUT2D eigenvalue weighted by Crippen LogP contribution is -2.23. The molecule has 0 radical (unpaired) electrons. The van der Waals surface area contributed by atoms with E-state index in [1.54, 1.807) is 26.0 Å². The molecule has 21 heavy (non-hydrogen) atoms. The zero-order valence-corrected chi connectivity index (χ0v) is 13.4. The first kappa shape index (κ1) is 15.7. The van der Waals surface area contributed by atoms with Crippen LogP contribution in [-0.4, -0.2) is 20.3 Å². The highest BCUT2D eigenvalue weighted by Crippen LogP contribution is 2.43. The summed E-state index contributed by atoms with van der Waals surface area (Å²) in [6.45, 7) is 2.01. The van der Waals surface area contributed by atoms with E-state index >= 15 is 0 Å². The first-order valence-electron chi connectivity index (χ1n) is 6.85. The number of ether oxygens (including phenoxy) is 2. The van der Waals surface area contributed by atoms with Crippen LogP contribution in [0.25, 0.3) is 0 Å². The second-order valence-corrected chi connectivity index (χ2v) is 5.97. The summed E-state index contributed by atoms with van der Waals surface area (Å²) in [4.78, 5) is 1.08. The predicted molar refractivity (Wildman–Crippen MR) is 88.2 cm³/mol. The standard InChI is InChI=1S/C17H21NO2S/c1-12(18)17(13-8-4-5-9-14(13)19-2)21-16-11-7-6-10-15(16)20-3/h4-12,17H,18H2,1-3H3. The molecule has 112 valence electrons. The molecule has 0 aliphatic heterocycles. The highest BCUT2D eigenvalue weighted by atomic mass is 32.2. The number of rotatable bonds is 6. The molecule has 0 fully saturated rings. The number of hydrogen-bond acceptors (Lipinski definition) is 4. The van der Waals surface area contributed by atoms with Gasteiger partial charge in [0.05, 0.1) is 19.5 Å². The summed E-state index contributed by atoms with van der Waals surface area (Å²) in [5, 5.41) is 0.0949. The fourth-order valence-electron chi connectivity index (χ4n) is 2.21. The molecule has 2 atom stereocenters. The van der Waals surface area contributed by atoms with E-state index in [0.717, 1.165) is 22.0 Å². The lowest BCUT2D eigenvalue weighted by Gasteiger charge is -2.23. The van der Waals surface area contributed by atoms with Gasteiger partial charge < -0.3 is 15.2 Å². The fraction of sp³-hybridized carbons (Fsp3) is 0.294. The summed E-state index contributed by atoms with van der Waals surface area (Å²) in [7, 11) is 3.37. The number of methoxy groups -OCH3 is 2. The quantitative estimate of drug-likeness (QED) is 0.822. The molecule has 0 aromatic heterocycles. The van der Waals surface area contributed by atoms with E-state index in [1.807, 2.05) is 49.4 Å². The van der Waals surface area contributed by atoms with Crippen LogP contribution in [0.3, 0.4) is 0 Å². The molecular formula is C17H21NO2S. The Labute approximate surface area is 130 Å². The van der Waals surface area contributed by atoms with Crippen LogP contribution in [0.1, 0.15) is 17.7 Å². The van der Waals surface area contributed by atoms with E-state index in [9.17, 15) is 0 Å². The van der Waals surface area contributed by atoms with Gasteiger partial charge in [0.15, 0.2) is 0 Å². The number of hydrogen-bond donors (Lipinski definition) is 1. The van der Waals surface area contributed by atoms with Crippen molar-refractivity contribution in [1.82, 2.24) is 0 Å². The lowest BCUT2D eigenvalue weighted by atomic mass is 10.1. The summed E-state index contributed by atoms with van der Waals surface area (Å²) in [6.07, 6.45) is 0. The van der Waals surface area contributed by atoms with Crippen LogP contribution in [0, 0.1) is 0 Å². The van der Waals surface area contributed by atoms with Gasteiger partial charge in [0.1, 0.15) is 11.5 Å². The summed E-state index contributed by atoms with van der Waals surface area (Å²) >= 11 is 1.70. The van der Waals surface area contributed by atoms with Crippen molar-refractivity contribution in [1.29, 1.82) is 0 Å². The summed E-state index contributed by atoms with van der Waals surface area (Å²) < 4.78 is 10.9. The second-order valence-electron chi connectivity index (χ2n) is 4.79. The molecule has 0 aliphatic carbocycles. The maximum Gasteiger partial charge on any atom is 0.132 e. The van der Waals surface area contributed by atoms with Gasteiger partial charge in [0.25, 0.3) is 0 Å². The number of para-hydroxylation sites is 2. The Bertz CT molecular complexity index is 587. The second kappa shape index (κ2) is 7.38. The maximum atomic E-state index is 6.21. The van der Waals surface area contributed by atoms with E-state index in [2.05, 4.69) is 6.07 Å². The number of benzene rings is 2. The van der Waals surface area contributed by atoms with E-state index < -0.39 is 0 Å². The molecule has 0 amide bonds. The SMILES string of the molecule is COc1ccccc1SC(c1ccccc1OC)C(C)N. The molecule has 0 aliphatic rings. The smallest absolute Gasteiger partial charge is 0.132 e. The first-order chi connectivity index (χ1) is 10.2. The molecule has 2 aromatic rings. The minimum Gasteiger partial charge on any atom is -0.496 e. The van der Waals surface area contributed by atoms with Gasteiger partial charge in [-0.3, -0.25) is 0 Å². The third-order valence-corrected chi connectivity index (χ3v) is 4.77. The highest BCUT2D eigenvalue weighted by molar-refractivity contribution is 7.99. The summed E-state index contributed by atoms with van der Waals surface area (Å²) in [6, 6.07) is 16.0. The molecular weight excluding hydrogens is 282 g/mol. The molecule has 3 nitrogen and oxygen atoms in total. The largest absolute Gasteiger partial charge is 0.496 e. The van der Waals surface area contributed by atoms with Gasteiger partial charge in [-0.25, -0.2) is 0 Å². The Balaban J connectivity index is 2.36. The van der Waals surface area contributed by atoms with Crippen molar-refractivity contribution in [2.24, 2.45) is 5.73 Å². The van der Waals surface area contributed by atoms with E-state index in [4.69, 9.17) is 15.2 Å². The van der Waals surface area contributed by atoms with Crippen molar-refractivity contribution in [3.8, 4) is 11.5 Å². The van der Waals surface area contributed by atoms with Crippen LogP contribution < -0.4 is 15.2 Å². The van der Waals surface area contributed by atoms with Crippen molar-refractivity contribution in [3.05, 3.63) is 54.1 Å². The van der Waals surface area contributed by atoms with Crippen molar-refractivity contribution in [2.45, 2.75) is 23.1 Å². The van der Waals surface area contributed by atoms with Crippen molar-refractivity contribution in [3.63, 3.8) is 0 Å². The average molecular weight is 303 g/mol. The fourth-order valence-corrected chi connectivity index (χ4v) is 3.44. The van der Waals surface area contributed by atoms with Gasteiger partial charge >= 0.3 is 0 Å². The van der Waals surface area contributed by atoms with Crippen molar-refractivity contribution < 1.29 is 9.47 Å². The average Bonchev–Trinajstić information content (AvgIpc) is 2.52. The summed E-state index contributed by atoms with van der Waals surface area (Å²) in [5.74, 6) is 1.73. The van der Waals surface area contributed by atoms with E-state index in [1.165, 1.54) is 0 Å². The minimum atomic E-state index is -0.0174. The lowest BCUT2D eigenvalue weighted by molar-refractivity contribution is 0.404. The van der Waals surface area contributed by atoms with Gasteiger partial charge in [-0.15, -0.1) is 11.8 Å². The van der Waals surface area contributed by atoms with Crippen LogP contribution in [0.5, 0.6) is 11.5 Å². The third-order valence-electron chi connectivity index (χ3n) is 3.25. The van der Waals surface area contributed by atoms with Gasteiger partial charge in [0, 0.05) is 16.5 Å². The van der Waals surface area contributed by atoms with Gasteiger partial charge in [-0.05, 0) is 25.1 Å². The van der Waals surface area contributed by atoms with Crippen LogP contribution in [0.4, 0.5) is 0 Å². The van der Waals surface area contributed by atoms with Crippen LogP contribution in [0.2, 0.25) is 0 Å². The highest BCUT2D eigenvalue weighted by Gasteiger charge is 2.22. The molecule has 2 N–H and O–H groups in total. The van der Waals surface area contributed by atoms with E-state index in [0.29, 0.717) is 0 Å². The minimum absolute atomic E-state index is 0.0174. The molecule has 0 heterocycles. The van der Waals surface area contributed by atoms with Crippen LogP contribution in [-0.2, 0) is 0 Å². The maximum absolute atomic E-state index is 6.21. The molecule has 0 spiro atoms. The zero-order valence-electron chi connectivity index (χ0n) is 12.6. The Hall–Kier alpha value is -1.65. The van der Waals surface area contributed by atoms with Crippen LogP contribution in [0.15, 0.2) is 53.4 Å². The molecule has 4 heteroatoms. The normalized spacial score (nSPS) is 13.5. The topological polar surface area (TPSA) is 44.5 Å². The molecule has 0 saturated carbocycles. The van der Waals surface area contributed by atoms with Crippen molar-refractivity contribution >= 4 is 11.8 Å². The Morgan fingerprint density at radius 3 is 2.10 bits per heavy atom. The Morgan fingerprint density at radius 1 is 0.905 bits per heavy atom. The van der Waals surface area contributed by atoms with Crippen LogP contribution >= 0.6 is 11.8 Å². The summed E-state index contributed by atoms with van der Waals surface area (Å²) in [5.41, 5.74) is 7.32. The number of nitrogens with two attached hydrogens (primary N) is 1. The zero-order chi connectivity index (χ0) is 15.2. The van der Waals surface area contributed by atoms with Crippen molar-refractivity contribution in [2.75, 3.05) is 14.2 Å². The van der Waals surface area contributed by atoms with E-state index in [-0.39, 0.29) is 11.3 Å².